The summed E-state index contributed by atoms with van der Waals surface area (Å²) in [4.78, 5) is 11.7. The Morgan fingerprint density at radius 3 is 2.76 bits per heavy atom. The molecule has 1 aliphatic heterocycles. The SMILES string of the molecule is COC(=O)c1cc(C)cc2c1OC(C)(C)CC2. The van der Waals surface area contributed by atoms with Crippen molar-refractivity contribution in [3.63, 3.8) is 0 Å². The number of carbonyl (C=O) groups is 1. The summed E-state index contributed by atoms with van der Waals surface area (Å²) in [7, 11) is 1.39. The second-order valence-corrected chi connectivity index (χ2v) is 5.15. The Bertz CT molecular complexity index is 461. The third kappa shape index (κ3) is 2.28. The minimum Gasteiger partial charge on any atom is -0.487 e. The van der Waals surface area contributed by atoms with Gasteiger partial charge >= 0.3 is 5.97 Å². The Morgan fingerprint density at radius 2 is 2.12 bits per heavy atom. The van der Waals surface area contributed by atoms with Gasteiger partial charge in [0, 0.05) is 0 Å². The molecule has 0 saturated heterocycles. The Morgan fingerprint density at radius 1 is 1.41 bits per heavy atom. The Kier molecular flexibility index (Phi) is 2.86. The molecular weight excluding hydrogens is 216 g/mol. The summed E-state index contributed by atoms with van der Waals surface area (Å²) < 4.78 is 10.7. The van der Waals surface area contributed by atoms with E-state index in [1.165, 1.54) is 7.11 Å². The first-order valence-electron chi connectivity index (χ1n) is 5.84. The van der Waals surface area contributed by atoms with Gasteiger partial charge in [0.25, 0.3) is 0 Å². The van der Waals surface area contributed by atoms with Gasteiger partial charge in [0.15, 0.2) is 0 Å². The first-order chi connectivity index (χ1) is 7.93. The van der Waals surface area contributed by atoms with E-state index in [4.69, 9.17) is 9.47 Å². The van der Waals surface area contributed by atoms with Crippen LogP contribution in [0.15, 0.2) is 12.1 Å². The van der Waals surface area contributed by atoms with Crippen molar-refractivity contribution in [3.05, 3.63) is 28.8 Å². The number of rotatable bonds is 1. The molecular formula is C14H18O3. The number of esters is 1. The predicted octanol–water partition coefficient (Wildman–Crippen LogP) is 2.89. The van der Waals surface area contributed by atoms with Crippen LogP contribution in [-0.4, -0.2) is 18.7 Å². The van der Waals surface area contributed by atoms with Crippen LogP contribution < -0.4 is 4.74 Å². The monoisotopic (exact) mass is 234 g/mol. The number of aryl methyl sites for hydroxylation is 2. The number of benzene rings is 1. The first-order valence-corrected chi connectivity index (χ1v) is 5.84. The molecule has 3 nitrogen and oxygen atoms in total. The molecule has 92 valence electrons. The molecule has 1 aromatic rings. The molecule has 0 unspecified atom stereocenters. The van der Waals surface area contributed by atoms with Crippen LogP contribution >= 0.6 is 0 Å². The second kappa shape index (κ2) is 4.06. The molecule has 0 spiro atoms. The Labute approximate surface area is 102 Å². The lowest BCUT2D eigenvalue weighted by Crippen LogP contribution is -2.33. The average molecular weight is 234 g/mol. The molecule has 2 rings (SSSR count). The van der Waals surface area contributed by atoms with Crippen molar-refractivity contribution in [2.24, 2.45) is 0 Å². The third-order valence-corrected chi connectivity index (χ3v) is 3.09. The predicted molar refractivity (Wildman–Crippen MR) is 65.5 cm³/mol. The van der Waals surface area contributed by atoms with E-state index in [1.54, 1.807) is 0 Å². The number of hydrogen-bond acceptors (Lipinski definition) is 3. The first kappa shape index (κ1) is 12.0. The van der Waals surface area contributed by atoms with Crippen LogP contribution in [0.3, 0.4) is 0 Å². The van der Waals surface area contributed by atoms with Crippen molar-refractivity contribution in [1.82, 2.24) is 0 Å². The standard InChI is InChI=1S/C14H18O3/c1-9-7-10-5-6-14(2,3)17-12(10)11(8-9)13(15)16-4/h7-8H,5-6H2,1-4H3. The summed E-state index contributed by atoms with van der Waals surface area (Å²) in [5, 5.41) is 0. The van der Waals surface area contributed by atoms with Gasteiger partial charge < -0.3 is 9.47 Å². The molecule has 0 amide bonds. The highest BCUT2D eigenvalue weighted by atomic mass is 16.5. The Hall–Kier alpha value is -1.51. The summed E-state index contributed by atoms with van der Waals surface area (Å²) in [6.45, 7) is 6.06. The van der Waals surface area contributed by atoms with Crippen LogP contribution in [0.4, 0.5) is 0 Å². The quantitative estimate of drug-likeness (QED) is 0.701. The summed E-state index contributed by atoms with van der Waals surface area (Å²) in [6.07, 6.45) is 1.90. The van der Waals surface area contributed by atoms with Gasteiger partial charge in [-0.05, 0) is 50.8 Å². The molecule has 3 heteroatoms. The summed E-state index contributed by atoms with van der Waals surface area (Å²) in [6, 6.07) is 3.91. The fourth-order valence-electron chi connectivity index (χ4n) is 2.18. The van der Waals surface area contributed by atoms with E-state index in [0.29, 0.717) is 11.3 Å². The molecule has 1 aliphatic rings. The fourth-order valence-corrected chi connectivity index (χ4v) is 2.18. The van der Waals surface area contributed by atoms with E-state index >= 15 is 0 Å². The molecule has 0 aromatic heterocycles. The van der Waals surface area contributed by atoms with Gasteiger partial charge in [-0.25, -0.2) is 4.79 Å². The van der Waals surface area contributed by atoms with Crippen molar-refractivity contribution in [3.8, 4) is 5.75 Å². The topological polar surface area (TPSA) is 35.5 Å². The van der Waals surface area contributed by atoms with Crippen molar-refractivity contribution in [2.45, 2.75) is 39.2 Å². The highest BCUT2D eigenvalue weighted by molar-refractivity contribution is 5.93. The number of hydrogen-bond donors (Lipinski definition) is 0. The number of methoxy groups -OCH3 is 1. The maximum atomic E-state index is 11.7. The summed E-state index contributed by atoms with van der Waals surface area (Å²) >= 11 is 0. The van der Waals surface area contributed by atoms with Crippen molar-refractivity contribution < 1.29 is 14.3 Å². The summed E-state index contributed by atoms with van der Waals surface area (Å²) in [5.74, 6) is 0.362. The minimum absolute atomic E-state index is 0.217. The molecule has 0 atom stereocenters. The zero-order valence-corrected chi connectivity index (χ0v) is 10.8. The van der Waals surface area contributed by atoms with E-state index < -0.39 is 0 Å². The van der Waals surface area contributed by atoms with Crippen LogP contribution in [-0.2, 0) is 11.2 Å². The minimum atomic E-state index is -0.331. The van der Waals surface area contributed by atoms with Gasteiger partial charge in [0.1, 0.15) is 16.9 Å². The van der Waals surface area contributed by atoms with Gasteiger partial charge in [-0.2, -0.15) is 0 Å². The van der Waals surface area contributed by atoms with E-state index in [1.807, 2.05) is 26.8 Å². The van der Waals surface area contributed by atoms with Crippen LogP contribution in [0.25, 0.3) is 0 Å². The lowest BCUT2D eigenvalue weighted by molar-refractivity contribution is 0.0561. The largest absolute Gasteiger partial charge is 0.487 e. The van der Waals surface area contributed by atoms with Gasteiger partial charge in [0.05, 0.1) is 7.11 Å². The molecule has 0 fully saturated rings. The van der Waals surface area contributed by atoms with Gasteiger partial charge in [-0.3, -0.25) is 0 Å². The van der Waals surface area contributed by atoms with E-state index in [0.717, 1.165) is 24.0 Å². The molecule has 0 radical (unpaired) electrons. The van der Waals surface area contributed by atoms with Crippen LogP contribution in [0.5, 0.6) is 5.75 Å². The zero-order chi connectivity index (χ0) is 12.6. The lowest BCUT2D eigenvalue weighted by atomic mass is 9.91. The molecule has 1 aromatic carbocycles. The van der Waals surface area contributed by atoms with Crippen molar-refractivity contribution in [1.29, 1.82) is 0 Å². The highest BCUT2D eigenvalue weighted by Gasteiger charge is 2.30. The highest BCUT2D eigenvalue weighted by Crippen LogP contribution is 2.36. The normalized spacial score (nSPS) is 16.9. The molecule has 0 bridgehead atoms. The van der Waals surface area contributed by atoms with Gasteiger partial charge in [-0.1, -0.05) is 6.07 Å². The molecule has 0 saturated carbocycles. The number of fused-ring (bicyclic) bond motifs is 1. The smallest absolute Gasteiger partial charge is 0.341 e. The summed E-state index contributed by atoms with van der Waals surface area (Å²) in [5.41, 5.74) is 2.48. The van der Waals surface area contributed by atoms with Crippen molar-refractivity contribution >= 4 is 5.97 Å². The Balaban J connectivity index is 2.53. The number of carbonyl (C=O) groups excluding carboxylic acids is 1. The molecule has 17 heavy (non-hydrogen) atoms. The van der Waals surface area contributed by atoms with Crippen LogP contribution in [0.1, 0.15) is 41.8 Å². The molecule has 0 aliphatic carbocycles. The maximum Gasteiger partial charge on any atom is 0.341 e. The van der Waals surface area contributed by atoms with E-state index in [2.05, 4.69) is 6.07 Å². The van der Waals surface area contributed by atoms with Gasteiger partial charge in [-0.15, -0.1) is 0 Å². The maximum absolute atomic E-state index is 11.7. The third-order valence-electron chi connectivity index (χ3n) is 3.09. The fraction of sp³-hybridized carbons (Fsp3) is 0.500. The molecule has 1 heterocycles. The molecule has 0 N–H and O–H groups in total. The average Bonchev–Trinajstić information content (AvgIpc) is 2.27. The van der Waals surface area contributed by atoms with Crippen molar-refractivity contribution in [2.75, 3.05) is 7.11 Å². The second-order valence-electron chi connectivity index (χ2n) is 5.15. The van der Waals surface area contributed by atoms with E-state index in [-0.39, 0.29) is 11.6 Å². The van der Waals surface area contributed by atoms with E-state index in [9.17, 15) is 4.79 Å². The van der Waals surface area contributed by atoms with Crippen LogP contribution in [0, 0.1) is 6.92 Å². The van der Waals surface area contributed by atoms with Crippen LogP contribution in [0.2, 0.25) is 0 Å². The van der Waals surface area contributed by atoms with Gasteiger partial charge in [0.2, 0.25) is 0 Å². The lowest BCUT2D eigenvalue weighted by Gasteiger charge is -2.33. The number of ether oxygens (including phenoxy) is 2. The zero-order valence-electron chi connectivity index (χ0n) is 10.8.